The van der Waals surface area contributed by atoms with E-state index in [2.05, 4.69) is 4.98 Å². The maximum absolute atomic E-state index is 11.8. The van der Waals surface area contributed by atoms with Gasteiger partial charge in [-0.2, -0.15) is 0 Å². The molecule has 0 amide bonds. The summed E-state index contributed by atoms with van der Waals surface area (Å²) < 4.78 is 14.6. The number of aliphatic hydroxyl groups is 1. The molecule has 0 aromatic carbocycles. The Labute approximate surface area is 108 Å². The summed E-state index contributed by atoms with van der Waals surface area (Å²) in [6.45, 7) is 1.55. The minimum atomic E-state index is -0.899. The molecule has 98 valence electrons. The maximum Gasteiger partial charge on any atom is 0.330 e. The van der Waals surface area contributed by atoms with Crippen LogP contribution in [0.15, 0.2) is 15.8 Å². The van der Waals surface area contributed by atoms with Gasteiger partial charge in [0.1, 0.15) is 5.60 Å². The van der Waals surface area contributed by atoms with E-state index in [1.165, 1.54) is 22.5 Å². The van der Waals surface area contributed by atoms with Gasteiger partial charge in [0.05, 0.1) is 11.4 Å². The van der Waals surface area contributed by atoms with E-state index < -0.39 is 29.2 Å². The fourth-order valence-electron chi connectivity index (χ4n) is 2.35. The molecule has 6 nitrogen and oxygen atoms in total. The van der Waals surface area contributed by atoms with E-state index >= 15 is 0 Å². The van der Waals surface area contributed by atoms with Crippen molar-refractivity contribution >= 4 is 11.8 Å². The van der Waals surface area contributed by atoms with Gasteiger partial charge in [0.2, 0.25) is 0 Å². The van der Waals surface area contributed by atoms with Crippen molar-refractivity contribution in [3.05, 3.63) is 32.6 Å². The molecule has 1 aromatic heterocycles. The number of aliphatic hydroxyl groups excluding tert-OH is 1. The van der Waals surface area contributed by atoms with Gasteiger partial charge in [-0.25, -0.2) is 4.79 Å². The van der Waals surface area contributed by atoms with Crippen LogP contribution in [-0.4, -0.2) is 37.4 Å². The number of ether oxygens (including phenoxy) is 1. The van der Waals surface area contributed by atoms with Gasteiger partial charge in [0.25, 0.3) is 5.56 Å². The lowest BCUT2D eigenvalue weighted by Gasteiger charge is -2.27. The number of nitrogens with zero attached hydrogens (tertiary/aromatic N) is 1. The molecular formula is C11H14N2O4S. The molecule has 0 spiro atoms. The van der Waals surface area contributed by atoms with Crippen LogP contribution in [0.4, 0.5) is 0 Å². The third kappa shape index (κ3) is 1.51. The molecule has 1 aromatic rings. The molecule has 0 unspecified atom stereocenters. The van der Waals surface area contributed by atoms with Crippen molar-refractivity contribution in [3.8, 4) is 0 Å². The van der Waals surface area contributed by atoms with Crippen LogP contribution in [0, 0.1) is 6.92 Å². The van der Waals surface area contributed by atoms with E-state index in [9.17, 15) is 14.7 Å². The first-order valence-corrected chi connectivity index (χ1v) is 6.62. The fourth-order valence-corrected chi connectivity index (χ4v) is 3.85. The molecular weight excluding hydrogens is 256 g/mol. The SMILES string of the molecule is [2H]C[C@@]12CS[C@@H]([C@H](n3cc(C)c(=O)[nH]c3=O)O1)[C@@H]2O. The summed E-state index contributed by atoms with van der Waals surface area (Å²) in [6, 6.07) is 0. The van der Waals surface area contributed by atoms with Crippen molar-refractivity contribution in [3.63, 3.8) is 0 Å². The number of fused-ring (bicyclic) bond motifs is 2. The molecule has 7 heteroatoms. The Balaban J connectivity index is 2.04. The van der Waals surface area contributed by atoms with Crippen LogP contribution in [0.2, 0.25) is 0 Å². The number of hydrogen-bond donors (Lipinski definition) is 2. The second-order valence-electron chi connectivity index (χ2n) is 4.77. The van der Waals surface area contributed by atoms with Crippen LogP contribution in [0.5, 0.6) is 0 Å². The second-order valence-corrected chi connectivity index (χ2v) is 5.94. The van der Waals surface area contributed by atoms with Gasteiger partial charge in [-0.15, -0.1) is 11.8 Å². The van der Waals surface area contributed by atoms with Crippen molar-refractivity contribution in [1.82, 2.24) is 9.55 Å². The van der Waals surface area contributed by atoms with E-state index in [4.69, 9.17) is 6.11 Å². The van der Waals surface area contributed by atoms with Gasteiger partial charge in [-0.1, -0.05) is 0 Å². The molecule has 2 aliphatic heterocycles. The van der Waals surface area contributed by atoms with Crippen LogP contribution >= 0.6 is 11.8 Å². The lowest BCUT2D eigenvalue weighted by atomic mass is 10.0. The third-order valence-corrected chi connectivity index (χ3v) is 4.96. The number of thioether (sulfide) groups is 1. The van der Waals surface area contributed by atoms with Crippen LogP contribution in [0.3, 0.4) is 0 Å². The maximum atomic E-state index is 11.8. The molecule has 2 fully saturated rings. The van der Waals surface area contributed by atoms with Crippen molar-refractivity contribution in [2.75, 3.05) is 5.75 Å². The largest absolute Gasteiger partial charge is 0.389 e. The van der Waals surface area contributed by atoms with Crippen LogP contribution in [0.1, 0.15) is 20.1 Å². The summed E-state index contributed by atoms with van der Waals surface area (Å²) in [5.41, 5.74) is -1.47. The predicted octanol–water partition coefficient (Wildman–Crippen LogP) is -0.391. The first kappa shape index (κ1) is 10.8. The Morgan fingerprint density at radius 1 is 1.72 bits per heavy atom. The Morgan fingerprint density at radius 3 is 3.17 bits per heavy atom. The quantitative estimate of drug-likeness (QED) is 0.726. The zero-order valence-corrected chi connectivity index (χ0v) is 10.6. The molecule has 4 atom stereocenters. The minimum Gasteiger partial charge on any atom is -0.389 e. The summed E-state index contributed by atoms with van der Waals surface area (Å²) in [6.07, 6.45) is 0.0403. The number of H-pyrrole nitrogens is 1. The van der Waals surface area contributed by atoms with Gasteiger partial charge in [0.15, 0.2) is 6.23 Å². The predicted molar refractivity (Wildman–Crippen MR) is 66.8 cm³/mol. The second kappa shape index (κ2) is 3.72. The molecule has 3 heterocycles. The molecule has 2 N–H and O–H groups in total. The summed E-state index contributed by atoms with van der Waals surface area (Å²) in [7, 11) is 0. The molecule has 3 rings (SSSR count). The number of aryl methyl sites for hydroxylation is 1. The lowest BCUT2D eigenvalue weighted by Crippen LogP contribution is -2.38. The number of nitrogens with one attached hydrogen (secondary N) is 1. The molecule has 0 saturated carbocycles. The topological polar surface area (TPSA) is 84.3 Å². The molecule has 0 aliphatic carbocycles. The summed E-state index contributed by atoms with van der Waals surface area (Å²) in [4.78, 5) is 25.4. The first-order chi connectivity index (χ1) is 8.98. The summed E-state index contributed by atoms with van der Waals surface area (Å²) in [5.74, 6) is 0.552. The van der Waals surface area contributed by atoms with E-state index in [-0.39, 0.29) is 12.1 Å². The standard InChI is InChI=1S/C11H14N2O4S/c1-5-3-13(10(16)12-8(5)15)9-6-7(14)11(2,17-9)4-18-6/h3,6-7,9,14H,4H2,1-2H3,(H,12,15,16)/t6-,7+,9-,11+/m1/s1/i2D. The highest BCUT2D eigenvalue weighted by atomic mass is 32.2. The van der Waals surface area contributed by atoms with Gasteiger partial charge >= 0.3 is 5.69 Å². The molecule has 2 saturated heterocycles. The zero-order chi connectivity index (χ0) is 13.8. The fraction of sp³-hybridized carbons (Fsp3) is 0.636. The number of aromatic nitrogens is 2. The van der Waals surface area contributed by atoms with Crippen molar-refractivity contribution in [1.29, 1.82) is 0 Å². The average Bonchev–Trinajstić information content (AvgIpc) is 2.85. The minimum absolute atomic E-state index is 0.0503. The van der Waals surface area contributed by atoms with Gasteiger partial charge in [-0.05, 0) is 13.8 Å². The molecule has 2 aliphatic rings. The Hall–Kier alpha value is -1.05. The Kier molecular flexibility index (Phi) is 2.24. The van der Waals surface area contributed by atoms with Crippen LogP contribution < -0.4 is 11.2 Å². The van der Waals surface area contributed by atoms with E-state index in [0.717, 1.165) is 0 Å². The Bertz CT molecular complexity index is 630. The molecule has 0 radical (unpaired) electrons. The average molecular weight is 271 g/mol. The van der Waals surface area contributed by atoms with E-state index in [1.807, 2.05) is 0 Å². The van der Waals surface area contributed by atoms with Gasteiger partial charge < -0.3 is 9.84 Å². The van der Waals surface area contributed by atoms with Crippen LogP contribution in [0.25, 0.3) is 0 Å². The van der Waals surface area contributed by atoms with Gasteiger partial charge in [0, 0.05) is 18.9 Å². The van der Waals surface area contributed by atoms with Gasteiger partial charge in [-0.3, -0.25) is 14.3 Å². The zero-order valence-electron chi connectivity index (χ0n) is 10.8. The molecule has 18 heavy (non-hydrogen) atoms. The lowest BCUT2D eigenvalue weighted by molar-refractivity contribution is -0.0778. The van der Waals surface area contributed by atoms with E-state index in [1.54, 1.807) is 6.92 Å². The normalized spacial score (nSPS) is 39.0. The number of hydrogen-bond acceptors (Lipinski definition) is 5. The highest BCUT2D eigenvalue weighted by molar-refractivity contribution is 8.00. The highest BCUT2D eigenvalue weighted by Crippen LogP contribution is 2.51. The Morgan fingerprint density at radius 2 is 2.50 bits per heavy atom. The number of aromatic amines is 1. The first-order valence-electron chi connectivity index (χ1n) is 6.28. The highest BCUT2D eigenvalue weighted by Gasteiger charge is 2.58. The monoisotopic (exact) mass is 271 g/mol. The van der Waals surface area contributed by atoms with Crippen molar-refractivity contribution < 1.29 is 11.2 Å². The van der Waals surface area contributed by atoms with E-state index in [0.29, 0.717) is 11.3 Å². The third-order valence-electron chi connectivity index (χ3n) is 3.43. The van der Waals surface area contributed by atoms with Crippen LogP contribution in [-0.2, 0) is 4.74 Å². The summed E-state index contributed by atoms with van der Waals surface area (Å²) >= 11 is 1.50. The van der Waals surface area contributed by atoms with Crippen molar-refractivity contribution in [2.24, 2.45) is 0 Å². The number of rotatable bonds is 1. The van der Waals surface area contributed by atoms with Crippen molar-refractivity contribution in [2.45, 2.75) is 37.0 Å². The molecule has 2 bridgehead atoms. The summed E-state index contributed by atoms with van der Waals surface area (Å²) in [5, 5.41) is 9.89. The smallest absolute Gasteiger partial charge is 0.330 e.